The molecule has 0 radical (unpaired) electrons. The molecule has 0 saturated heterocycles. The van der Waals surface area contributed by atoms with Gasteiger partial charge < -0.3 is 11.1 Å². The van der Waals surface area contributed by atoms with Crippen molar-refractivity contribution in [1.29, 1.82) is 0 Å². The van der Waals surface area contributed by atoms with E-state index in [4.69, 9.17) is 5.73 Å². The van der Waals surface area contributed by atoms with E-state index in [0.29, 0.717) is 18.4 Å². The molecule has 0 aliphatic rings. The van der Waals surface area contributed by atoms with Gasteiger partial charge in [0.15, 0.2) is 5.96 Å². The zero-order valence-electron chi connectivity index (χ0n) is 11.0. The maximum atomic E-state index is 5.74. The fraction of sp³-hybridized carbons (Fsp3) is 0.462. The van der Waals surface area contributed by atoms with Crippen molar-refractivity contribution in [2.24, 2.45) is 16.6 Å². The molecule has 0 saturated carbocycles. The average Bonchev–Trinajstić information content (AvgIpc) is 2.76. The van der Waals surface area contributed by atoms with Gasteiger partial charge in [-0.1, -0.05) is 25.1 Å². The number of hydrogen-bond acceptors (Lipinski definition) is 2. The molecule has 1 aromatic rings. The fourth-order valence-corrected chi connectivity index (χ4v) is 2.26. The summed E-state index contributed by atoms with van der Waals surface area (Å²) in [6.45, 7) is 9.39. The molecule has 1 heterocycles. The van der Waals surface area contributed by atoms with Gasteiger partial charge in [-0.3, -0.25) is 4.99 Å². The Bertz CT molecular complexity index is 374. The second kappa shape index (κ2) is 9.38. The fourth-order valence-electron chi connectivity index (χ4n) is 1.39. The van der Waals surface area contributed by atoms with Gasteiger partial charge in [-0.2, -0.15) is 0 Å². The zero-order valence-corrected chi connectivity index (χ0v) is 14.1. The van der Waals surface area contributed by atoms with Crippen LogP contribution in [0.15, 0.2) is 34.7 Å². The summed E-state index contributed by atoms with van der Waals surface area (Å²) in [4.78, 5) is 5.73. The smallest absolute Gasteiger partial charge is 0.188 e. The van der Waals surface area contributed by atoms with E-state index in [0.717, 1.165) is 18.5 Å². The first-order valence-electron chi connectivity index (χ1n) is 5.78. The third kappa shape index (κ3) is 7.71. The summed E-state index contributed by atoms with van der Waals surface area (Å²) in [6, 6.07) is 4.24. The molecule has 1 atom stereocenters. The van der Waals surface area contributed by atoms with Gasteiger partial charge in [0.1, 0.15) is 0 Å². The normalized spacial score (nSPS) is 12.7. The van der Waals surface area contributed by atoms with E-state index in [2.05, 4.69) is 41.3 Å². The first kappa shape index (κ1) is 17.4. The topological polar surface area (TPSA) is 50.4 Å². The number of nitrogens with two attached hydrogens (primary N) is 1. The summed E-state index contributed by atoms with van der Waals surface area (Å²) in [5.41, 5.74) is 6.79. The standard InChI is InChI=1S/C13H21N3S.HI/c1-10(2)8-15-13(14)16-9-11(3)7-12-5-4-6-17-12;/h4-6,11H,1,7-9H2,2-3H3,(H3,14,15,16);1H. The molecule has 0 aliphatic carbocycles. The molecule has 1 unspecified atom stereocenters. The Labute approximate surface area is 131 Å². The molecule has 102 valence electrons. The summed E-state index contributed by atoms with van der Waals surface area (Å²) in [6.07, 6.45) is 1.06. The van der Waals surface area contributed by atoms with Crippen LogP contribution in [0.4, 0.5) is 0 Å². The minimum absolute atomic E-state index is 0. The number of rotatable bonds is 6. The van der Waals surface area contributed by atoms with E-state index in [1.165, 1.54) is 4.88 Å². The molecule has 1 rings (SSSR count). The predicted octanol–water partition coefficient (Wildman–Crippen LogP) is 3.03. The Morgan fingerprint density at radius 1 is 1.61 bits per heavy atom. The first-order chi connectivity index (χ1) is 8.08. The molecule has 0 aromatic carbocycles. The van der Waals surface area contributed by atoms with Crippen LogP contribution in [0.25, 0.3) is 0 Å². The molecule has 3 nitrogen and oxygen atoms in total. The van der Waals surface area contributed by atoms with Crippen LogP contribution in [0.3, 0.4) is 0 Å². The Balaban J connectivity index is 0.00000289. The van der Waals surface area contributed by atoms with E-state index in [1.807, 2.05) is 6.92 Å². The van der Waals surface area contributed by atoms with Gasteiger partial charge in [-0.05, 0) is 30.7 Å². The van der Waals surface area contributed by atoms with Crippen molar-refractivity contribution >= 4 is 41.3 Å². The van der Waals surface area contributed by atoms with Gasteiger partial charge in [0, 0.05) is 18.0 Å². The number of thiophene rings is 1. The van der Waals surface area contributed by atoms with Crippen molar-refractivity contribution in [3.63, 3.8) is 0 Å². The van der Waals surface area contributed by atoms with E-state index in [9.17, 15) is 0 Å². The minimum Gasteiger partial charge on any atom is -0.370 e. The third-order valence-electron chi connectivity index (χ3n) is 2.27. The Morgan fingerprint density at radius 3 is 2.89 bits per heavy atom. The third-order valence-corrected chi connectivity index (χ3v) is 3.17. The number of guanidine groups is 1. The van der Waals surface area contributed by atoms with Crippen LogP contribution >= 0.6 is 35.3 Å². The SMILES string of the molecule is C=C(C)CNC(N)=NCC(C)Cc1cccs1.I. The molecule has 1 aromatic heterocycles. The van der Waals surface area contributed by atoms with Crippen molar-refractivity contribution in [3.05, 3.63) is 34.5 Å². The van der Waals surface area contributed by atoms with Crippen molar-refractivity contribution in [1.82, 2.24) is 5.32 Å². The summed E-state index contributed by atoms with van der Waals surface area (Å²) in [7, 11) is 0. The van der Waals surface area contributed by atoms with Gasteiger partial charge in [-0.25, -0.2) is 0 Å². The van der Waals surface area contributed by atoms with Crippen LogP contribution in [0.5, 0.6) is 0 Å². The van der Waals surface area contributed by atoms with Crippen LogP contribution < -0.4 is 11.1 Å². The summed E-state index contributed by atoms with van der Waals surface area (Å²) < 4.78 is 0. The van der Waals surface area contributed by atoms with Crippen LogP contribution in [0, 0.1) is 5.92 Å². The highest BCUT2D eigenvalue weighted by molar-refractivity contribution is 14.0. The summed E-state index contributed by atoms with van der Waals surface area (Å²) in [5, 5.41) is 5.13. The second-order valence-corrected chi connectivity index (χ2v) is 5.46. The first-order valence-corrected chi connectivity index (χ1v) is 6.66. The van der Waals surface area contributed by atoms with E-state index in [1.54, 1.807) is 11.3 Å². The number of hydrogen-bond donors (Lipinski definition) is 2. The molecule has 0 amide bonds. The lowest BCUT2D eigenvalue weighted by atomic mass is 10.1. The lowest BCUT2D eigenvalue weighted by Gasteiger charge is -2.09. The molecule has 0 spiro atoms. The average molecular weight is 379 g/mol. The number of aliphatic imine (C=N–C) groups is 1. The number of halogens is 1. The Hall–Kier alpha value is -0.560. The van der Waals surface area contributed by atoms with Gasteiger partial charge >= 0.3 is 0 Å². The molecule has 5 heteroatoms. The van der Waals surface area contributed by atoms with Crippen LogP contribution in [-0.4, -0.2) is 19.0 Å². The van der Waals surface area contributed by atoms with Crippen LogP contribution in [-0.2, 0) is 6.42 Å². The van der Waals surface area contributed by atoms with Crippen LogP contribution in [0.2, 0.25) is 0 Å². The Kier molecular flexibility index (Phi) is 9.09. The second-order valence-electron chi connectivity index (χ2n) is 4.43. The monoisotopic (exact) mass is 379 g/mol. The molecule has 0 bridgehead atoms. The van der Waals surface area contributed by atoms with E-state index in [-0.39, 0.29) is 24.0 Å². The zero-order chi connectivity index (χ0) is 12.7. The van der Waals surface area contributed by atoms with Crippen molar-refractivity contribution in [3.8, 4) is 0 Å². The molecule has 0 aliphatic heterocycles. The number of nitrogens with one attached hydrogen (secondary N) is 1. The van der Waals surface area contributed by atoms with Gasteiger partial charge in [0.05, 0.1) is 0 Å². The Morgan fingerprint density at radius 2 is 2.33 bits per heavy atom. The van der Waals surface area contributed by atoms with Crippen molar-refractivity contribution < 1.29 is 0 Å². The highest BCUT2D eigenvalue weighted by Crippen LogP contribution is 2.14. The van der Waals surface area contributed by atoms with Gasteiger partial charge in [-0.15, -0.1) is 35.3 Å². The highest BCUT2D eigenvalue weighted by Gasteiger charge is 2.03. The van der Waals surface area contributed by atoms with E-state index >= 15 is 0 Å². The van der Waals surface area contributed by atoms with Gasteiger partial charge in [0.25, 0.3) is 0 Å². The quantitative estimate of drug-likeness (QED) is 0.346. The largest absolute Gasteiger partial charge is 0.370 e. The van der Waals surface area contributed by atoms with Crippen molar-refractivity contribution in [2.75, 3.05) is 13.1 Å². The molecular formula is C13H22IN3S. The highest BCUT2D eigenvalue weighted by atomic mass is 127. The summed E-state index contributed by atoms with van der Waals surface area (Å²) in [5.74, 6) is 1.02. The van der Waals surface area contributed by atoms with Crippen molar-refractivity contribution in [2.45, 2.75) is 20.3 Å². The minimum atomic E-state index is 0. The molecule has 18 heavy (non-hydrogen) atoms. The maximum Gasteiger partial charge on any atom is 0.188 e. The molecular weight excluding hydrogens is 357 g/mol. The summed E-state index contributed by atoms with van der Waals surface area (Å²) >= 11 is 1.79. The number of nitrogens with zero attached hydrogens (tertiary/aromatic N) is 1. The molecule has 0 fully saturated rings. The lowest BCUT2D eigenvalue weighted by molar-refractivity contribution is 0.597. The van der Waals surface area contributed by atoms with Gasteiger partial charge in [0.2, 0.25) is 0 Å². The van der Waals surface area contributed by atoms with E-state index < -0.39 is 0 Å². The van der Waals surface area contributed by atoms with Crippen LogP contribution in [0.1, 0.15) is 18.7 Å². The lowest BCUT2D eigenvalue weighted by Crippen LogP contribution is -2.33. The predicted molar refractivity (Wildman–Crippen MR) is 91.9 cm³/mol. The maximum absolute atomic E-state index is 5.74. The molecule has 3 N–H and O–H groups in total.